The lowest BCUT2D eigenvalue weighted by atomic mass is 9.93. The molecule has 45 heavy (non-hydrogen) atoms. The fourth-order valence-corrected chi connectivity index (χ4v) is 6.47. The van der Waals surface area contributed by atoms with Gasteiger partial charge in [0.2, 0.25) is 0 Å². The van der Waals surface area contributed by atoms with Crippen molar-refractivity contribution >= 4 is 11.0 Å². The lowest BCUT2D eigenvalue weighted by Crippen LogP contribution is -2.34. The minimum atomic E-state index is -0.777. The summed E-state index contributed by atoms with van der Waals surface area (Å²) in [5, 5.41) is 9.12. The number of halogens is 2. The normalized spacial score (nSPS) is 19.9. The second kappa shape index (κ2) is 11.6. The van der Waals surface area contributed by atoms with Crippen molar-refractivity contribution in [1.29, 1.82) is 0 Å². The number of methoxy groups -OCH3 is 1. The second-order valence-corrected chi connectivity index (χ2v) is 12.0. The number of furan rings is 1. The first-order valence-electron chi connectivity index (χ1n) is 15.3. The van der Waals surface area contributed by atoms with E-state index in [0.29, 0.717) is 33.6 Å². The average molecular weight is 615 g/mol. The highest BCUT2D eigenvalue weighted by Crippen LogP contribution is 2.46. The smallest absolute Gasteiger partial charge is 0.160 e. The van der Waals surface area contributed by atoms with Crippen LogP contribution in [-0.2, 0) is 11.2 Å². The van der Waals surface area contributed by atoms with E-state index < -0.39 is 11.6 Å². The Morgan fingerprint density at radius 1 is 1.07 bits per heavy atom. The molecule has 11 heteroatoms. The zero-order valence-electron chi connectivity index (χ0n) is 26.0. The number of likely N-dealkylation sites (N-methyl/N-ethyl adjacent to an activating group) is 1. The van der Waals surface area contributed by atoms with E-state index >= 15 is 4.39 Å². The highest BCUT2D eigenvalue weighted by Gasteiger charge is 2.31. The molecular formula is C34H36F2N6O3. The number of hydrogen-bond donors (Lipinski definition) is 1. The zero-order valence-corrected chi connectivity index (χ0v) is 26.0. The maximum Gasteiger partial charge on any atom is 0.160 e. The van der Waals surface area contributed by atoms with Gasteiger partial charge in [-0.2, -0.15) is 5.10 Å². The van der Waals surface area contributed by atoms with E-state index in [1.807, 2.05) is 16.9 Å². The van der Waals surface area contributed by atoms with Crippen molar-refractivity contribution in [3.8, 4) is 39.5 Å². The number of aromatic nitrogens is 4. The van der Waals surface area contributed by atoms with Gasteiger partial charge >= 0.3 is 0 Å². The van der Waals surface area contributed by atoms with E-state index in [-0.39, 0.29) is 42.7 Å². The Kier molecular flexibility index (Phi) is 7.63. The Labute approximate surface area is 260 Å². The Bertz CT molecular complexity index is 1880. The number of ether oxygens (including phenoxy) is 2. The molecule has 4 aromatic heterocycles. The van der Waals surface area contributed by atoms with Crippen molar-refractivity contribution in [2.45, 2.75) is 45.3 Å². The molecule has 2 aliphatic rings. The molecule has 0 radical (unpaired) electrons. The Morgan fingerprint density at radius 3 is 2.71 bits per heavy atom. The summed E-state index contributed by atoms with van der Waals surface area (Å²) in [6, 6.07) is 8.29. The molecule has 6 heterocycles. The Balaban J connectivity index is 1.51. The lowest BCUT2D eigenvalue weighted by molar-refractivity contribution is 0.146. The van der Waals surface area contributed by atoms with Gasteiger partial charge in [-0.05, 0) is 51.6 Å². The van der Waals surface area contributed by atoms with Gasteiger partial charge in [-0.25, -0.2) is 13.8 Å². The number of rotatable bonds is 7. The van der Waals surface area contributed by atoms with Crippen LogP contribution >= 0.6 is 0 Å². The molecule has 1 aromatic carbocycles. The van der Waals surface area contributed by atoms with Crippen molar-refractivity contribution in [3.05, 3.63) is 71.4 Å². The molecule has 3 atom stereocenters. The number of fused-ring (bicyclic) bond motifs is 3. The van der Waals surface area contributed by atoms with E-state index in [0.717, 1.165) is 48.1 Å². The molecule has 7 rings (SSSR count). The van der Waals surface area contributed by atoms with Crippen molar-refractivity contribution < 1.29 is 22.7 Å². The molecular weight excluding hydrogens is 578 g/mol. The van der Waals surface area contributed by atoms with Gasteiger partial charge in [0.05, 0.1) is 30.2 Å². The molecule has 1 N–H and O–H groups in total. The minimum absolute atomic E-state index is 0.0440. The molecule has 0 bridgehead atoms. The van der Waals surface area contributed by atoms with Gasteiger partial charge in [0, 0.05) is 79.2 Å². The minimum Gasteiger partial charge on any atom is -0.490 e. The van der Waals surface area contributed by atoms with Crippen LogP contribution in [0.1, 0.15) is 55.8 Å². The van der Waals surface area contributed by atoms with E-state index in [1.165, 1.54) is 13.2 Å². The summed E-state index contributed by atoms with van der Waals surface area (Å²) in [6.45, 7) is 8.40. The van der Waals surface area contributed by atoms with Gasteiger partial charge in [-0.1, -0.05) is 0 Å². The van der Waals surface area contributed by atoms with Gasteiger partial charge in [-0.15, -0.1) is 0 Å². The summed E-state index contributed by atoms with van der Waals surface area (Å²) in [5.41, 5.74) is 6.51. The predicted molar refractivity (Wildman–Crippen MR) is 167 cm³/mol. The maximum absolute atomic E-state index is 16.0. The fraction of sp³-hybridized carbons (Fsp3) is 0.382. The van der Waals surface area contributed by atoms with Gasteiger partial charge in [0.1, 0.15) is 41.1 Å². The third kappa shape index (κ3) is 5.08. The SMILES string of the molecule is COCCOc1cc(F)cc(F)c1-c1c(-c2cc3n(n2)C(C)CNC3C)nc(-c2cnc3c(c2)C(C)N(C)CC3)c2occc12. The summed E-state index contributed by atoms with van der Waals surface area (Å²) in [7, 11) is 3.65. The van der Waals surface area contributed by atoms with Crippen molar-refractivity contribution in [2.75, 3.05) is 40.5 Å². The summed E-state index contributed by atoms with van der Waals surface area (Å²) >= 11 is 0. The molecule has 0 spiro atoms. The largest absolute Gasteiger partial charge is 0.490 e. The highest BCUT2D eigenvalue weighted by molar-refractivity contribution is 6.06. The first kappa shape index (κ1) is 29.5. The molecule has 9 nitrogen and oxygen atoms in total. The first-order valence-corrected chi connectivity index (χ1v) is 15.3. The van der Waals surface area contributed by atoms with Crippen LogP contribution in [0.2, 0.25) is 0 Å². The second-order valence-electron chi connectivity index (χ2n) is 12.0. The van der Waals surface area contributed by atoms with Gasteiger partial charge in [-0.3, -0.25) is 14.6 Å². The topological polar surface area (TPSA) is 90.5 Å². The summed E-state index contributed by atoms with van der Waals surface area (Å²) < 4.78 is 49.8. The molecule has 0 amide bonds. The van der Waals surface area contributed by atoms with Crippen LogP contribution in [0.4, 0.5) is 8.78 Å². The van der Waals surface area contributed by atoms with Gasteiger partial charge < -0.3 is 19.2 Å². The molecule has 3 unspecified atom stereocenters. The Morgan fingerprint density at radius 2 is 1.91 bits per heavy atom. The third-order valence-corrected chi connectivity index (χ3v) is 9.10. The summed E-state index contributed by atoms with van der Waals surface area (Å²) in [6.07, 6.45) is 4.25. The molecule has 0 saturated heterocycles. The molecule has 5 aromatic rings. The van der Waals surface area contributed by atoms with Crippen LogP contribution in [0.25, 0.3) is 44.7 Å². The summed E-state index contributed by atoms with van der Waals surface area (Å²) in [4.78, 5) is 12.3. The van der Waals surface area contributed by atoms with Crippen LogP contribution < -0.4 is 10.1 Å². The molecule has 0 fully saturated rings. The van der Waals surface area contributed by atoms with Crippen LogP contribution in [-0.4, -0.2) is 65.1 Å². The van der Waals surface area contributed by atoms with E-state index in [4.69, 9.17) is 29.0 Å². The molecule has 0 aliphatic carbocycles. The first-order chi connectivity index (χ1) is 21.7. The standard InChI is InChI=1S/C34H36F2N6O3/c1-18-16-37-19(2)28-15-27(40-42(18)28)33-30(31-25(36)13-22(35)14-29(31)44-11-10-43-5)23-7-9-45-34(23)32(39-33)21-12-24-20(3)41(4)8-6-26(24)38-17-21/h7,9,12-15,17-20,37H,6,8,10-11,16H2,1-5H3. The van der Waals surface area contributed by atoms with Crippen LogP contribution in [0.5, 0.6) is 5.75 Å². The van der Waals surface area contributed by atoms with Crippen LogP contribution in [0.3, 0.4) is 0 Å². The number of hydrogen-bond acceptors (Lipinski definition) is 8. The summed E-state index contributed by atoms with van der Waals surface area (Å²) in [5.74, 6) is -1.48. The Hall–Kier alpha value is -4.19. The maximum atomic E-state index is 16.0. The monoisotopic (exact) mass is 614 g/mol. The van der Waals surface area contributed by atoms with Crippen LogP contribution in [0, 0.1) is 11.6 Å². The number of benzene rings is 1. The molecule has 2 aliphatic heterocycles. The van der Waals surface area contributed by atoms with Gasteiger partial charge in [0.15, 0.2) is 5.58 Å². The van der Waals surface area contributed by atoms with E-state index in [1.54, 1.807) is 12.3 Å². The number of pyridine rings is 2. The van der Waals surface area contributed by atoms with Crippen molar-refractivity contribution in [3.63, 3.8) is 0 Å². The highest BCUT2D eigenvalue weighted by atomic mass is 19.1. The third-order valence-electron chi connectivity index (χ3n) is 9.10. The van der Waals surface area contributed by atoms with Crippen molar-refractivity contribution in [2.24, 2.45) is 0 Å². The number of nitrogens with zero attached hydrogens (tertiary/aromatic N) is 5. The zero-order chi connectivity index (χ0) is 31.4. The number of nitrogens with one attached hydrogen (secondary N) is 1. The van der Waals surface area contributed by atoms with Crippen molar-refractivity contribution in [1.82, 2.24) is 30.0 Å². The molecule has 234 valence electrons. The lowest BCUT2D eigenvalue weighted by Gasteiger charge is -2.31. The molecule has 0 saturated carbocycles. The quantitative estimate of drug-likeness (QED) is 0.208. The predicted octanol–water partition coefficient (Wildman–Crippen LogP) is 6.50. The fourth-order valence-electron chi connectivity index (χ4n) is 6.47. The van der Waals surface area contributed by atoms with E-state index in [2.05, 4.69) is 44.1 Å². The van der Waals surface area contributed by atoms with E-state index in [9.17, 15) is 4.39 Å². The average Bonchev–Trinajstić information content (AvgIpc) is 3.70. The van der Waals surface area contributed by atoms with Crippen LogP contribution in [0.15, 0.2) is 47.2 Å². The van der Waals surface area contributed by atoms with Gasteiger partial charge in [0.25, 0.3) is 0 Å².